The molecule has 0 aliphatic rings. The molecule has 0 saturated carbocycles. The van der Waals surface area contributed by atoms with Gasteiger partial charge in [-0.25, -0.2) is 0 Å². The minimum absolute atomic E-state index is 0.125. The van der Waals surface area contributed by atoms with Gasteiger partial charge in [-0.2, -0.15) is 0 Å². The molecule has 0 spiro atoms. The molecule has 0 bridgehead atoms. The third kappa shape index (κ3) is 5.39. The van der Waals surface area contributed by atoms with E-state index < -0.39 is 6.04 Å². The van der Waals surface area contributed by atoms with Crippen LogP contribution >= 0.6 is 0 Å². The van der Waals surface area contributed by atoms with Gasteiger partial charge < -0.3 is 10.2 Å². The summed E-state index contributed by atoms with van der Waals surface area (Å²) in [5.41, 5.74) is 1.99. The van der Waals surface area contributed by atoms with Crippen molar-refractivity contribution in [3.8, 4) is 0 Å². The van der Waals surface area contributed by atoms with Crippen LogP contribution in [-0.2, 0) is 16.1 Å². The molecule has 2 aromatic carbocycles. The van der Waals surface area contributed by atoms with E-state index in [1.54, 1.807) is 24.9 Å². The molecule has 0 heterocycles. The number of carbonyl (C=O) groups is 2. The van der Waals surface area contributed by atoms with Gasteiger partial charge in [0.1, 0.15) is 6.04 Å². The number of carbonyl (C=O) groups excluding carboxylic acids is 2. The number of amides is 2. The fourth-order valence-electron chi connectivity index (χ4n) is 2.33. The van der Waals surface area contributed by atoms with E-state index in [0.29, 0.717) is 6.54 Å². The molecule has 4 nitrogen and oxygen atoms in total. The van der Waals surface area contributed by atoms with Crippen molar-refractivity contribution >= 4 is 17.9 Å². The quantitative estimate of drug-likeness (QED) is 0.832. The predicted molar refractivity (Wildman–Crippen MR) is 96.0 cm³/mol. The molecule has 24 heavy (non-hydrogen) atoms. The molecule has 0 saturated heterocycles. The van der Waals surface area contributed by atoms with Crippen molar-refractivity contribution < 1.29 is 9.59 Å². The van der Waals surface area contributed by atoms with Crippen LogP contribution in [-0.4, -0.2) is 29.8 Å². The van der Waals surface area contributed by atoms with E-state index in [1.807, 2.05) is 60.7 Å². The molecule has 1 N–H and O–H groups in total. The highest BCUT2D eigenvalue weighted by atomic mass is 16.2. The summed E-state index contributed by atoms with van der Waals surface area (Å²) in [6, 6.07) is 18.7. The van der Waals surface area contributed by atoms with Gasteiger partial charge >= 0.3 is 0 Å². The average molecular weight is 322 g/mol. The van der Waals surface area contributed by atoms with Gasteiger partial charge in [0.2, 0.25) is 11.8 Å². The highest BCUT2D eigenvalue weighted by Crippen LogP contribution is 2.05. The summed E-state index contributed by atoms with van der Waals surface area (Å²) in [6.07, 6.45) is 3.16. The van der Waals surface area contributed by atoms with E-state index in [-0.39, 0.29) is 11.8 Å². The molecular formula is C20H22N2O2. The van der Waals surface area contributed by atoms with E-state index >= 15 is 0 Å². The molecule has 2 rings (SSSR count). The van der Waals surface area contributed by atoms with Gasteiger partial charge in [0.15, 0.2) is 0 Å². The van der Waals surface area contributed by atoms with Crippen LogP contribution in [0.5, 0.6) is 0 Å². The highest BCUT2D eigenvalue weighted by Gasteiger charge is 2.18. The van der Waals surface area contributed by atoms with Gasteiger partial charge in [-0.15, -0.1) is 0 Å². The second-order valence-corrected chi connectivity index (χ2v) is 5.65. The van der Waals surface area contributed by atoms with Crippen LogP contribution < -0.4 is 5.32 Å². The van der Waals surface area contributed by atoms with Gasteiger partial charge in [-0.1, -0.05) is 60.7 Å². The molecule has 0 radical (unpaired) electrons. The Morgan fingerprint density at radius 3 is 2.25 bits per heavy atom. The van der Waals surface area contributed by atoms with Crippen LogP contribution in [0.25, 0.3) is 6.08 Å². The lowest BCUT2D eigenvalue weighted by molar-refractivity contribution is -0.134. The molecule has 2 aromatic rings. The molecule has 124 valence electrons. The van der Waals surface area contributed by atoms with Crippen molar-refractivity contribution in [2.45, 2.75) is 19.5 Å². The molecule has 1 atom stereocenters. The maximum Gasteiger partial charge on any atom is 0.244 e. The van der Waals surface area contributed by atoms with Crippen molar-refractivity contribution in [2.24, 2.45) is 0 Å². The lowest BCUT2D eigenvalue weighted by Crippen LogP contribution is -2.44. The minimum Gasteiger partial charge on any atom is -0.341 e. The largest absolute Gasteiger partial charge is 0.341 e. The Morgan fingerprint density at radius 1 is 1.04 bits per heavy atom. The van der Waals surface area contributed by atoms with Gasteiger partial charge in [-0.05, 0) is 24.1 Å². The fourth-order valence-corrected chi connectivity index (χ4v) is 2.33. The van der Waals surface area contributed by atoms with Crippen LogP contribution in [0, 0.1) is 0 Å². The maximum atomic E-state index is 12.3. The van der Waals surface area contributed by atoms with Crippen molar-refractivity contribution in [3.63, 3.8) is 0 Å². The second kappa shape index (κ2) is 8.67. The molecular weight excluding hydrogens is 300 g/mol. The zero-order valence-corrected chi connectivity index (χ0v) is 14.0. The molecule has 0 aliphatic carbocycles. The summed E-state index contributed by atoms with van der Waals surface area (Å²) >= 11 is 0. The molecule has 0 aromatic heterocycles. The summed E-state index contributed by atoms with van der Waals surface area (Å²) < 4.78 is 0. The molecule has 0 aliphatic heterocycles. The maximum absolute atomic E-state index is 12.3. The van der Waals surface area contributed by atoms with Crippen LogP contribution in [0.1, 0.15) is 18.1 Å². The monoisotopic (exact) mass is 322 g/mol. The van der Waals surface area contributed by atoms with E-state index in [4.69, 9.17) is 0 Å². The van der Waals surface area contributed by atoms with Gasteiger partial charge in [0.25, 0.3) is 0 Å². The number of hydrogen-bond donors (Lipinski definition) is 1. The first-order valence-corrected chi connectivity index (χ1v) is 7.89. The average Bonchev–Trinajstić information content (AvgIpc) is 2.61. The van der Waals surface area contributed by atoms with E-state index in [9.17, 15) is 9.59 Å². The van der Waals surface area contributed by atoms with Crippen LogP contribution in [0.2, 0.25) is 0 Å². The van der Waals surface area contributed by atoms with Crippen molar-refractivity contribution in [1.29, 1.82) is 0 Å². The SMILES string of the molecule is CC(NC(=O)/C=C/c1ccccc1)C(=O)N(C)Cc1ccccc1. The predicted octanol–water partition coefficient (Wildman–Crippen LogP) is 2.86. The topological polar surface area (TPSA) is 49.4 Å². The number of benzene rings is 2. The summed E-state index contributed by atoms with van der Waals surface area (Å²) in [6.45, 7) is 2.21. The third-order valence-corrected chi connectivity index (χ3v) is 3.59. The van der Waals surface area contributed by atoms with E-state index in [2.05, 4.69) is 5.32 Å². The Labute approximate surface area is 142 Å². The molecule has 2 amide bonds. The highest BCUT2D eigenvalue weighted by molar-refractivity contribution is 5.95. The summed E-state index contributed by atoms with van der Waals surface area (Å²) in [7, 11) is 1.73. The zero-order chi connectivity index (χ0) is 17.4. The Morgan fingerprint density at radius 2 is 1.62 bits per heavy atom. The van der Waals surface area contributed by atoms with Crippen LogP contribution in [0.15, 0.2) is 66.7 Å². The lowest BCUT2D eigenvalue weighted by Gasteiger charge is -2.21. The first-order chi connectivity index (χ1) is 11.6. The number of nitrogens with one attached hydrogen (secondary N) is 1. The minimum atomic E-state index is -0.577. The first-order valence-electron chi connectivity index (χ1n) is 7.89. The Balaban J connectivity index is 1.86. The fraction of sp³-hybridized carbons (Fsp3) is 0.200. The Kier molecular flexibility index (Phi) is 6.32. The Hall–Kier alpha value is -2.88. The smallest absolute Gasteiger partial charge is 0.244 e. The third-order valence-electron chi connectivity index (χ3n) is 3.59. The molecule has 0 fully saturated rings. The van der Waals surface area contributed by atoms with E-state index in [1.165, 1.54) is 6.08 Å². The van der Waals surface area contributed by atoms with Crippen LogP contribution in [0.3, 0.4) is 0 Å². The van der Waals surface area contributed by atoms with Crippen molar-refractivity contribution in [2.75, 3.05) is 7.05 Å². The number of rotatable bonds is 6. The van der Waals surface area contributed by atoms with Crippen LogP contribution in [0.4, 0.5) is 0 Å². The lowest BCUT2D eigenvalue weighted by atomic mass is 10.2. The molecule has 1 unspecified atom stereocenters. The number of likely N-dealkylation sites (N-methyl/N-ethyl adjacent to an activating group) is 1. The number of hydrogen-bond acceptors (Lipinski definition) is 2. The summed E-state index contributed by atoms with van der Waals surface area (Å²) in [4.78, 5) is 25.9. The number of nitrogens with zero attached hydrogens (tertiary/aromatic N) is 1. The summed E-state index contributed by atoms with van der Waals surface area (Å²) in [5, 5.41) is 2.70. The zero-order valence-electron chi connectivity index (χ0n) is 14.0. The standard InChI is InChI=1S/C20H22N2O2/c1-16(20(24)22(2)15-18-11-7-4-8-12-18)21-19(23)14-13-17-9-5-3-6-10-17/h3-14,16H,15H2,1-2H3,(H,21,23)/b14-13+. The van der Waals surface area contributed by atoms with Gasteiger partial charge in [-0.3, -0.25) is 9.59 Å². The van der Waals surface area contributed by atoms with Crippen molar-refractivity contribution in [1.82, 2.24) is 10.2 Å². The normalized spacial score (nSPS) is 11.9. The van der Waals surface area contributed by atoms with Crippen molar-refractivity contribution in [3.05, 3.63) is 77.9 Å². The first kappa shape index (κ1) is 17.5. The second-order valence-electron chi connectivity index (χ2n) is 5.65. The van der Waals surface area contributed by atoms with Gasteiger partial charge in [0, 0.05) is 19.7 Å². The molecule has 4 heteroatoms. The van der Waals surface area contributed by atoms with Gasteiger partial charge in [0.05, 0.1) is 0 Å². The van der Waals surface area contributed by atoms with E-state index in [0.717, 1.165) is 11.1 Å². The summed E-state index contributed by atoms with van der Waals surface area (Å²) in [5.74, 6) is -0.409. The Bertz CT molecular complexity index is 696.